The molecule has 0 aliphatic heterocycles. The zero-order chi connectivity index (χ0) is 42.4. The molecule has 0 saturated carbocycles. The molecule has 0 fully saturated rings. The van der Waals surface area contributed by atoms with E-state index in [1.807, 2.05) is 12.2 Å². The van der Waals surface area contributed by atoms with Crippen molar-refractivity contribution in [3.05, 3.63) is 48.6 Å². The first-order valence-corrected chi connectivity index (χ1v) is 24.9. The van der Waals surface area contributed by atoms with E-state index in [0.717, 1.165) is 70.6 Å². The van der Waals surface area contributed by atoms with Crippen molar-refractivity contribution >= 4 is 11.9 Å². The fourth-order valence-corrected chi connectivity index (χ4v) is 7.42. The zero-order valence-corrected chi connectivity index (χ0v) is 38.4. The van der Waals surface area contributed by atoms with Gasteiger partial charge in [-0.25, -0.2) is 0 Å². The Morgan fingerprint density at radius 3 is 1.48 bits per heavy atom. The van der Waals surface area contributed by atoms with Crippen molar-refractivity contribution < 1.29 is 24.5 Å². The lowest BCUT2D eigenvalue weighted by atomic mass is 10.0. The normalized spacial score (nSPS) is 13.7. The highest BCUT2D eigenvalue weighted by atomic mass is 16.5. The molecular formula is C52H95NO5. The summed E-state index contributed by atoms with van der Waals surface area (Å²) in [5, 5.41) is 23.7. The van der Waals surface area contributed by atoms with E-state index in [9.17, 15) is 19.8 Å². The van der Waals surface area contributed by atoms with Crippen molar-refractivity contribution in [3.63, 3.8) is 0 Å². The van der Waals surface area contributed by atoms with E-state index in [4.69, 9.17) is 4.74 Å². The minimum atomic E-state index is -0.796. The van der Waals surface area contributed by atoms with E-state index in [1.165, 1.54) is 128 Å². The van der Waals surface area contributed by atoms with Crippen LogP contribution in [0.25, 0.3) is 0 Å². The third-order valence-electron chi connectivity index (χ3n) is 11.2. The van der Waals surface area contributed by atoms with Gasteiger partial charge in [0.15, 0.2) is 0 Å². The number of esters is 1. The van der Waals surface area contributed by atoms with E-state index >= 15 is 0 Å². The minimum absolute atomic E-state index is 0.0533. The molecule has 0 heterocycles. The molecule has 0 aliphatic carbocycles. The average molecular weight is 814 g/mol. The Labute approximate surface area is 359 Å². The molecule has 0 radical (unpaired) electrons. The second-order valence-corrected chi connectivity index (χ2v) is 16.9. The number of carbonyl (C=O) groups is 2. The molecule has 0 spiro atoms. The lowest BCUT2D eigenvalue weighted by Gasteiger charge is -2.24. The smallest absolute Gasteiger partial charge is 0.306 e. The summed E-state index contributed by atoms with van der Waals surface area (Å²) in [6.45, 7) is 6.32. The first-order valence-electron chi connectivity index (χ1n) is 24.9. The van der Waals surface area contributed by atoms with Crippen LogP contribution in [0.2, 0.25) is 0 Å². The standard InChI is InChI=1S/C52H95NO5/c1-4-7-10-13-16-19-22-24-25-27-30-33-36-39-42-45-52(57)58-48(43-40-37-34-31-28-21-18-15-12-9-6-3)46-51(56)53-49(47-54)50(55)44-41-38-35-32-29-26-23-20-17-14-11-8-5-2/h9,12,15,18-19,21-22,28,48-50,54-55H,4-8,10-11,13-14,16-17,20,23-27,29-47H2,1-3H3,(H,53,56)/b12-9+,18-15+,22-19-,28-21-. The van der Waals surface area contributed by atoms with Gasteiger partial charge in [0.25, 0.3) is 0 Å². The fraction of sp³-hybridized carbons (Fsp3) is 0.808. The summed E-state index contributed by atoms with van der Waals surface area (Å²) in [4.78, 5) is 26.1. The Hall–Kier alpha value is -2.18. The molecule has 1 amide bonds. The predicted octanol–water partition coefficient (Wildman–Crippen LogP) is 14.7. The van der Waals surface area contributed by atoms with Crippen LogP contribution in [0.3, 0.4) is 0 Å². The summed E-state index contributed by atoms with van der Waals surface area (Å²) in [7, 11) is 0. The highest BCUT2D eigenvalue weighted by Crippen LogP contribution is 2.17. The van der Waals surface area contributed by atoms with Crippen molar-refractivity contribution in [2.45, 2.75) is 264 Å². The van der Waals surface area contributed by atoms with Gasteiger partial charge in [0.05, 0.1) is 25.2 Å². The molecule has 0 aromatic heterocycles. The SMILES string of the molecule is CC/C=C/C=C/C=C\CCCCCC(CC(=O)NC(CO)C(O)CCCCCCCCCCCCCCC)OC(=O)CCCCCCCCC/C=C\CCCCCC. The van der Waals surface area contributed by atoms with Crippen LogP contribution in [-0.2, 0) is 14.3 Å². The van der Waals surface area contributed by atoms with E-state index < -0.39 is 18.2 Å². The molecule has 0 aromatic carbocycles. The number of allylic oxidation sites excluding steroid dienone is 8. The Bertz CT molecular complexity index is 1000. The van der Waals surface area contributed by atoms with E-state index in [2.05, 4.69) is 62.5 Å². The Balaban J connectivity index is 4.57. The highest BCUT2D eigenvalue weighted by Gasteiger charge is 2.24. The lowest BCUT2D eigenvalue weighted by molar-refractivity contribution is -0.151. The Kier molecular flexibility index (Phi) is 44.2. The highest BCUT2D eigenvalue weighted by molar-refractivity contribution is 5.77. The lowest BCUT2D eigenvalue weighted by Crippen LogP contribution is -2.46. The van der Waals surface area contributed by atoms with Gasteiger partial charge in [-0.1, -0.05) is 211 Å². The molecule has 3 atom stereocenters. The van der Waals surface area contributed by atoms with Crippen molar-refractivity contribution in [3.8, 4) is 0 Å². The third kappa shape index (κ3) is 40.6. The summed E-state index contributed by atoms with van der Waals surface area (Å²) in [6, 6.07) is -0.712. The van der Waals surface area contributed by atoms with Crippen molar-refractivity contribution in [2.75, 3.05) is 6.61 Å². The van der Waals surface area contributed by atoms with Gasteiger partial charge in [-0.15, -0.1) is 0 Å². The number of carbonyl (C=O) groups excluding carboxylic acids is 2. The number of aliphatic hydroxyl groups excluding tert-OH is 2. The van der Waals surface area contributed by atoms with Gasteiger partial charge in [-0.2, -0.15) is 0 Å². The number of rotatable bonds is 44. The van der Waals surface area contributed by atoms with Gasteiger partial charge < -0.3 is 20.3 Å². The maximum absolute atomic E-state index is 13.2. The second-order valence-electron chi connectivity index (χ2n) is 16.9. The van der Waals surface area contributed by atoms with Gasteiger partial charge in [0.1, 0.15) is 6.10 Å². The monoisotopic (exact) mass is 814 g/mol. The third-order valence-corrected chi connectivity index (χ3v) is 11.2. The van der Waals surface area contributed by atoms with Crippen LogP contribution in [0.5, 0.6) is 0 Å². The molecule has 0 aliphatic rings. The first-order chi connectivity index (χ1) is 28.5. The van der Waals surface area contributed by atoms with E-state index in [0.29, 0.717) is 19.3 Å². The van der Waals surface area contributed by atoms with Gasteiger partial charge >= 0.3 is 5.97 Å². The first kappa shape index (κ1) is 55.8. The Morgan fingerprint density at radius 1 is 0.517 bits per heavy atom. The molecule has 3 N–H and O–H groups in total. The van der Waals surface area contributed by atoms with E-state index in [-0.39, 0.29) is 24.9 Å². The molecular weight excluding hydrogens is 719 g/mol. The van der Waals surface area contributed by atoms with Crippen LogP contribution >= 0.6 is 0 Å². The molecule has 0 aromatic rings. The zero-order valence-electron chi connectivity index (χ0n) is 38.4. The van der Waals surface area contributed by atoms with Crippen LogP contribution in [0.4, 0.5) is 0 Å². The van der Waals surface area contributed by atoms with Crippen molar-refractivity contribution in [2.24, 2.45) is 0 Å². The summed E-state index contributed by atoms with van der Waals surface area (Å²) < 4.78 is 5.90. The van der Waals surface area contributed by atoms with Gasteiger partial charge in [0.2, 0.25) is 5.91 Å². The average Bonchev–Trinajstić information content (AvgIpc) is 3.22. The Morgan fingerprint density at radius 2 is 0.948 bits per heavy atom. The van der Waals surface area contributed by atoms with Crippen LogP contribution in [0.1, 0.15) is 245 Å². The quantitative estimate of drug-likeness (QED) is 0.0246. The summed E-state index contributed by atoms with van der Waals surface area (Å²) in [5.41, 5.74) is 0. The van der Waals surface area contributed by atoms with Gasteiger partial charge in [-0.3, -0.25) is 9.59 Å². The number of nitrogens with one attached hydrogen (secondary N) is 1. The molecule has 0 saturated heterocycles. The topological polar surface area (TPSA) is 95.9 Å². The molecule has 0 bridgehead atoms. The molecule has 58 heavy (non-hydrogen) atoms. The number of hydrogen-bond acceptors (Lipinski definition) is 5. The van der Waals surface area contributed by atoms with Crippen LogP contribution < -0.4 is 5.32 Å². The maximum atomic E-state index is 13.2. The number of ether oxygens (including phenoxy) is 1. The molecule has 6 heteroatoms. The number of hydrogen-bond donors (Lipinski definition) is 3. The maximum Gasteiger partial charge on any atom is 0.306 e. The second kappa shape index (κ2) is 45.9. The van der Waals surface area contributed by atoms with Crippen molar-refractivity contribution in [1.29, 1.82) is 0 Å². The number of aliphatic hydroxyl groups is 2. The number of amides is 1. The molecule has 338 valence electrons. The van der Waals surface area contributed by atoms with Gasteiger partial charge in [0, 0.05) is 6.42 Å². The molecule has 6 nitrogen and oxygen atoms in total. The fourth-order valence-electron chi connectivity index (χ4n) is 7.42. The minimum Gasteiger partial charge on any atom is -0.462 e. The van der Waals surface area contributed by atoms with Crippen LogP contribution in [0, 0.1) is 0 Å². The summed E-state index contributed by atoms with van der Waals surface area (Å²) in [5.74, 6) is -0.511. The van der Waals surface area contributed by atoms with Gasteiger partial charge in [-0.05, 0) is 70.6 Å². The summed E-state index contributed by atoms with van der Waals surface area (Å²) in [6.07, 6.45) is 54.6. The molecule has 3 unspecified atom stereocenters. The number of unbranched alkanes of at least 4 members (excludes halogenated alkanes) is 26. The van der Waals surface area contributed by atoms with Crippen LogP contribution in [-0.4, -0.2) is 46.9 Å². The van der Waals surface area contributed by atoms with Crippen LogP contribution in [0.15, 0.2) is 48.6 Å². The largest absolute Gasteiger partial charge is 0.462 e. The molecule has 0 rings (SSSR count). The van der Waals surface area contributed by atoms with E-state index in [1.54, 1.807) is 0 Å². The summed E-state index contributed by atoms with van der Waals surface area (Å²) >= 11 is 0. The predicted molar refractivity (Wildman–Crippen MR) is 250 cm³/mol. The van der Waals surface area contributed by atoms with Crippen molar-refractivity contribution in [1.82, 2.24) is 5.32 Å².